The van der Waals surface area contributed by atoms with Gasteiger partial charge in [-0.3, -0.25) is 10.1 Å². The molecule has 74 valence electrons. The van der Waals surface area contributed by atoms with Crippen molar-refractivity contribution >= 4 is 5.91 Å². The van der Waals surface area contributed by atoms with Crippen LogP contribution in [0.4, 0.5) is 0 Å². The molecule has 1 atom stereocenters. The molecule has 2 fully saturated rings. The second kappa shape index (κ2) is 4.07. The summed E-state index contributed by atoms with van der Waals surface area (Å²) >= 11 is 0. The van der Waals surface area contributed by atoms with E-state index in [1.54, 1.807) is 0 Å². The minimum Gasteiger partial charge on any atom is -0.326 e. The van der Waals surface area contributed by atoms with Gasteiger partial charge in [0, 0.05) is 26.1 Å². The minimum absolute atomic E-state index is 0.296. The summed E-state index contributed by atoms with van der Waals surface area (Å²) in [5, 5.41) is 6.60. The third-order valence-corrected chi connectivity index (χ3v) is 2.78. The maximum Gasteiger partial charge on any atom is 0.225 e. The number of hydrogen-bond acceptors (Lipinski definition) is 3. The van der Waals surface area contributed by atoms with Gasteiger partial charge in [0.05, 0.1) is 6.17 Å². The summed E-state index contributed by atoms with van der Waals surface area (Å²) in [6, 6.07) is 0. The Hall–Kier alpha value is -0.610. The number of rotatable bonds is 1. The van der Waals surface area contributed by atoms with E-state index in [-0.39, 0.29) is 0 Å². The van der Waals surface area contributed by atoms with Gasteiger partial charge in [0.15, 0.2) is 0 Å². The molecule has 1 unspecified atom stereocenters. The van der Waals surface area contributed by atoms with Crippen LogP contribution in [0.1, 0.15) is 19.3 Å². The van der Waals surface area contributed by atoms with E-state index in [9.17, 15) is 4.79 Å². The van der Waals surface area contributed by atoms with Gasteiger partial charge >= 0.3 is 0 Å². The largest absolute Gasteiger partial charge is 0.326 e. The molecular formula is C9H17N3O. The lowest BCUT2D eigenvalue weighted by molar-refractivity contribution is -0.132. The van der Waals surface area contributed by atoms with Gasteiger partial charge in [-0.25, -0.2) is 0 Å². The fourth-order valence-corrected chi connectivity index (χ4v) is 2.05. The van der Waals surface area contributed by atoms with Crippen molar-refractivity contribution in [3.8, 4) is 0 Å². The molecule has 1 amide bonds. The van der Waals surface area contributed by atoms with E-state index < -0.39 is 0 Å². The normalized spacial score (nSPS) is 30.6. The van der Waals surface area contributed by atoms with Crippen LogP contribution in [0, 0.1) is 0 Å². The Labute approximate surface area is 78.7 Å². The molecule has 4 nitrogen and oxygen atoms in total. The Balaban J connectivity index is 1.97. The van der Waals surface area contributed by atoms with Crippen LogP contribution >= 0.6 is 0 Å². The molecule has 2 saturated heterocycles. The van der Waals surface area contributed by atoms with Crippen molar-refractivity contribution in [2.75, 3.05) is 26.2 Å². The highest BCUT2D eigenvalue weighted by molar-refractivity contribution is 5.77. The van der Waals surface area contributed by atoms with Gasteiger partial charge in [-0.2, -0.15) is 0 Å². The van der Waals surface area contributed by atoms with Crippen molar-refractivity contribution < 1.29 is 4.79 Å². The van der Waals surface area contributed by atoms with Crippen LogP contribution in [0.15, 0.2) is 0 Å². The zero-order valence-electron chi connectivity index (χ0n) is 7.88. The lowest BCUT2D eigenvalue weighted by Crippen LogP contribution is -2.46. The monoisotopic (exact) mass is 183 g/mol. The van der Waals surface area contributed by atoms with Gasteiger partial charge in [-0.05, 0) is 19.4 Å². The predicted octanol–water partition coefficient (Wildman–Crippen LogP) is -0.482. The highest BCUT2D eigenvalue weighted by Gasteiger charge is 2.26. The highest BCUT2D eigenvalue weighted by atomic mass is 16.2. The standard InChI is InChI=1S/C9H17N3O/c13-9-3-5-10-6-7-12(9)8-2-1-4-11-8/h8,10-11H,1-7H2. The molecule has 2 N–H and O–H groups in total. The molecule has 4 heteroatoms. The number of amides is 1. The van der Waals surface area contributed by atoms with Crippen LogP contribution in [0.25, 0.3) is 0 Å². The van der Waals surface area contributed by atoms with Crippen molar-refractivity contribution in [2.45, 2.75) is 25.4 Å². The molecule has 0 aliphatic carbocycles. The second-order valence-corrected chi connectivity index (χ2v) is 3.70. The fourth-order valence-electron chi connectivity index (χ4n) is 2.05. The van der Waals surface area contributed by atoms with Gasteiger partial charge in [0.25, 0.3) is 0 Å². The number of carbonyl (C=O) groups excluding carboxylic acids is 1. The van der Waals surface area contributed by atoms with Crippen LogP contribution < -0.4 is 10.6 Å². The molecule has 2 rings (SSSR count). The van der Waals surface area contributed by atoms with Crippen LogP contribution in [-0.4, -0.2) is 43.2 Å². The summed E-state index contributed by atoms with van der Waals surface area (Å²) in [5.74, 6) is 0.296. The molecule has 0 aromatic rings. The summed E-state index contributed by atoms with van der Waals surface area (Å²) in [5.41, 5.74) is 0. The molecule has 0 aromatic carbocycles. The maximum atomic E-state index is 11.6. The van der Waals surface area contributed by atoms with Crippen LogP contribution in [0.2, 0.25) is 0 Å². The number of hydrogen-bond donors (Lipinski definition) is 2. The van der Waals surface area contributed by atoms with E-state index in [4.69, 9.17) is 0 Å². The minimum atomic E-state index is 0.296. The van der Waals surface area contributed by atoms with Crippen LogP contribution in [0.3, 0.4) is 0 Å². The summed E-state index contributed by atoms with van der Waals surface area (Å²) in [4.78, 5) is 13.6. The van der Waals surface area contributed by atoms with Gasteiger partial charge in [0.1, 0.15) is 0 Å². The quantitative estimate of drug-likeness (QED) is 0.577. The fraction of sp³-hybridized carbons (Fsp3) is 0.889. The zero-order chi connectivity index (χ0) is 9.10. The van der Waals surface area contributed by atoms with E-state index in [0.717, 1.165) is 32.6 Å². The Morgan fingerprint density at radius 3 is 3.00 bits per heavy atom. The average Bonchev–Trinajstić information content (AvgIpc) is 2.56. The summed E-state index contributed by atoms with van der Waals surface area (Å²) in [6.45, 7) is 3.68. The summed E-state index contributed by atoms with van der Waals surface area (Å²) in [7, 11) is 0. The average molecular weight is 183 g/mol. The summed E-state index contributed by atoms with van der Waals surface area (Å²) in [6.07, 6.45) is 3.28. The number of nitrogens with zero attached hydrogens (tertiary/aromatic N) is 1. The van der Waals surface area contributed by atoms with Gasteiger partial charge in [-0.15, -0.1) is 0 Å². The third kappa shape index (κ3) is 2.00. The summed E-state index contributed by atoms with van der Waals surface area (Å²) < 4.78 is 0. The molecule has 2 aliphatic rings. The van der Waals surface area contributed by atoms with Crippen molar-refractivity contribution in [2.24, 2.45) is 0 Å². The molecular weight excluding hydrogens is 166 g/mol. The molecule has 0 spiro atoms. The van der Waals surface area contributed by atoms with Gasteiger partial charge in [0.2, 0.25) is 5.91 Å². The SMILES string of the molecule is O=C1CCNCCN1C1CCCN1. The maximum absolute atomic E-state index is 11.6. The van der Waals surface area contributed by atoms with E-state index >= 15 is 0 Å². The number of nitrogens with one attached hydrogen (secondary N) is 2. The van der Waals surface area contributed by atoms with E-state index in [1.165, 1.54) is 6.42 Å². The van der Waals surface area contributed by atoms with Crippen molar-refractivity contribution in [3.05, 3.63) is 0 Å². The van der Waals surface area contributed by atoms with Crippen LogP contribution in [-0.2, 0) is 4.79 Å². The molecule has 0 saturated carbocycles. The first-order valence-corrected chi connectivity index (χ1v) is 5.11. The highest BCUT2D eigenvalue weighted by Crippen LogP contribution is 2.12. The first kappa shape index (κ1) is 8.97. The van der Waals surface area contributed by atoms with Crippen molar-refractivity contribution in [3.63, 3.8) is 0 Å². The van der Waals surface area contributed by atoms with Crippen molar-refractivity contribution in [1.29, 1.82) is 0 Å². The Kier molecular flexibility index (Phi) is 2.80. The first-order valence-electron chi connectivity index (χ1n) is 5.11. The topological polar surface area (TPSA) is 44.4 Å². The second-order valence-electron chi connectivity index (χ2n) is 3.70. The smallest absolute Gasteiger partial charge is 0.225 e. The molecule has 0 radical (unpaired) electrons. The Bertz CT molecular complexity index is 189. The molecule has 13 heavy (non-hydrogen) atoms. The lowest BCUT2D eigenvalue weighted by Gasteiger charge is -2.27. The van der Waals surface area contributed by atoms with E-state index in [0.29, 0.717) is 18.5 Å². The molecule has 2 heterocycles. The van der Waals surface area contributed by atoms with E-state index in [1.807, 2.05) is 4.90 Å². The van der Waals surface area contributed by atoms with E-state index in [2.05, 4.69) is 10.6 Å². The molecule has 0 bridgehead atoms. The zero-order valence-corrected chi connectivity index (χ0v) is 7.88. The Morgan fingerprint density at radius 1 is 1.31 bits per heavy atom. The van der Waals surface area contributed by atoms with Gasteiger partial charge in [-0.1, -0.05) is 0 Å². The van der Waals surface area contributed by atoms with Gasteiger partial charge < -0.3 is 10.2 Å². The molecule has 2 aliphatic heterocycles. The Morgan fingerprint density at radius 2 is 2.23 bits per heavy atom. The predicted molar refractivity (Wildman–Crippen MR) is 50.2 cm³/mol. The number of carbonyl (C=O) groups is 1. The van der Waals surface area contributed by atoms with Crippen LogP contribution in [0.5, 0.6) is 0 Å². The lowest BCUT2D eigenvalue weighted by atomic mass is 10.3. The van der Waals surface area contributed by atoms with Crippen molar-refractivity contribution in [1.82, 2.24) is 15.5 Å². The molecule has 0 aromatic heterocycles. The third-order valence-electron chi connectivity index (χ3n) is 2.78. The first-order chi connectivity index (χ1) is 6.38.